The fourth-order valence-corrected chi connectivity index (χ4v) is 1.92. The lowest BCUT2D eigenvalue weighted by molar-refractivity contribution is 0.0690. The van der Waals surface area contributed by atoms with Gasteiger partial charge in [0, 0.05) is 19.2 Å². The second-order valence-electron chi connectivity index (χ2n) is 4.42. The van der Waals surface area contributed by atoms with Crippen molar-refractivity contribution < 1.29 is 23.1 Å². The fraction of sp³-hybridized carbons (Fsp3) is 0.214. The Hall–Kier alpha value is -2.37. The molecule has 106 valence electrons. The van der Waals surface area contributed by atoms with Crippen molar-refractivity contribution in [3.05, 3.63) is 53.0 Å². The van der Waals surface area contributed by atoms with Crippen molar-refractivity contribution in [3.8, 4) is 0 Å². The number of hydrogen-bond acceptors (Lipinski definition) is 3. The third-order valence-electron chi connectivity index (χ3n) is 3.08. The van der Waals surface area contributed by atoms with E-state index in [0.29, 0.717) is 12.3 Å². The molecule has 1 N–H and O–H groups in total. The van der Waals surface area contributed by atoms with Crippen molar-refractivity contribution in [2.45, 2.75) is 13.5 Å². The smallest absolute Gasteiger partial charge is 0.338 e. The van der Waals surface area contributed by atoms with E-state index in [9.17, 15) is 13.6 Å². The maximum Gasteiger partial charge on any atom is 0.338 e. The summed E-state index contributed by atoms with van der Waals surface area (Å²) < 4.78 is 32.7. The Bertz CT molecular complexity index is 652. The zero-order valence-corrected chi connectivity index (χ0v) is 11.0. The first-order valence-electron chi connectivity index (χ1n) is 5.87. The summed E-state index contributed by atoms with van der Waals surface area (Å²) in [5.41, 5.74) is 0.155. The highest BCUT2D eigenvalue weighted by atomic mass is 19.2. The number of benzene rings is 1. The van der Waals surface area contributed by atoms with Gasteiger partial charge in [0.25, 0.3) is 0 Å². The van der Waals surface area contributed by atoms with E-state index in [1.54, 1.807) is 20.0 Å². The zero-order chi connectivity index (χ0) is 14.9. The number of carboxylic acid groups (broad SMARTS) is 1. The fourth-order valence-electron chi connectivity index (χ4n) is 1.92. The van der Waals surface area contributed by atoms with Crippen LogP contribution in [-0.4, -0.2) is 18.1 Å². The predicted molar refractivity (Wildman–Crippen MR) is 68.9 cm³/mol. The number of hydrogen-bond donors (Lipinski definition) is 1. The number of aromatic carboxylic acids is 1. The molecule has 20 heavy (non-hydrogen) atoms. The molecule has 0 bridgehead atoms. The number of nitrogens with zero attached hydrogens (tertiary/aromatic N) is 1. The number of carboxylic acids is 1. The minimum Gasteiger partial charge on any atom is -0.478 e. The normalized spacial score (nSPS) is 10.6. The molecular formula is C14H13F2NO3. The number of anilines is 1. The maximum absolute atomic E-state index is 13.9. The van der Waals surface area contributed by atoms with Crippen LogP contribution in [0, 0.1) is 18.6 Å². The van der Waals surface area contributed by atoms with Crippen molar-refractivity contribution >= 4 is 11.7 Å². The molecule has 0 aliphatic rings. The summed E-state index contributed by atoms with van der Waals surface area (Å²) in [7, 11) is 1.59. The van der Waals surface area contributed by atoms with Crippen molar-refractivity contribution in [1.82, 2.24) is 0 Å². The van der Waals surface area contributed by atoms with Gasteiger partial charge in [0.2, 0.25) is 0 Å². The molecule has 0 atom stereocenters. The predicted octanol–water partition coefficient (Wildman–Crippen LogP) is 3.20. The van der Waals surface area contributed by atoms with Gasteiger partial charge in [0.05, 0.1) is 17.5 Å². The van der Waals surface area contributed by atoms with Crippen LogP contribution in [0.15, 0.2) is 28.9 Å². The van der Waals surface area contributed by atoms with Gasteiger partial charge in [0.15, 0.2) is 11.6 Å². The van der Waals surface area contributed by atoms with E-state index in [4.69, 9.17) is 9.52 Å². The highest BCUT2D eigenvalue weighted by Crippen LogP contribution is 2.25. The Labute approximate surface area is 114 Å². The monoisotopic (exact) mass is 281 g/mol. The van der Waals surface area contributed by atoms with Gasteiger partial charge < -0.3 is 14.4 Å². The Morgan fingerprint density at radius 3 is 2.55 bits per heavy atom. The van der Waals surface area contributed by atoms with Gasteiger partial charge in [-0.05, 0) is 25.1 Å². The molecule has 4 nitrogen and oxygen atoms in total. The maximum atomic E-state index is 13.9. The Balaban J connectivity index is 2.31. The number of carbonyl (C=O) groups is 1. The molecule has 0 saturated carbocycles. The first-order chi connectivity index (χ1) is 9.41. The van der Waals surface area contributed by atoms with E-state index >= 15 is 0 Å². The molecule has 0 spiro atoms. The molecule has 0 fully saturated rings. The van der Waals surface area contributed by atoms with Crippen LogP contribution in [0.1, 0.15) is 21.7 Å². The van der Waals surface area contributed by atoms with Crippen molar-refractivity contribution in [1.29, 1.82) is 0 Å². The number of rotatable bonds is 4. The molecule has 0 radical (unpaired) electrons. The van der Waals surface area contributed by atoms with Crippen LogP contribution in [0.3, 0.4) is 0 Å². The molecule has 2 aromatic rings. The summed E-state index contributed by atoms with van der Waals surface area (Å²) in [5, 5.41) is 8.73. The van der Waals surface area contributed by atoms with E-state index < -0.39 is 23.2 Å². The molecule has 1 aromatic carbocycles. The van der Waals surface area contributed by atoms with Crippen LogP contribution in [0.5, 0.6) is 0 Å². The first-order valence-corrected chi connectivity index (χ1v) is 5.87. The van der Waals surface area contributed by atoms with Crippen LogP contribution in [0.4, 0.5) is 14.5 Å². The number of halogens is 2. The average Bonchev–Trinajstić information content (AvgIpc) is 2.77. The molecule has 6 heteroatoms. The van der Waals surface area contributed by atoms with Gasteiger partial charge >= 0.3 is 5.97 Å². The topological polar surface area (TPSA) is 53.7 Å². The quantitative estimate of drug-likeness (QED) is 0.935. The van der Waals surface area contributed by atoms with Gasteiger partial charge in [-0.2, -0.15) is 0 Å². The summed E-state index contributed by atoms with van der Waals surface area (Å²) in [4.78, 5) is 12.2. The lowest BCUT2D eigenvalue weighted by atomic mass is 10.1. The van der Waals surface area contributed by atoms with E-state index in [-0.39, 0.29) is 5.69 Å². The minimum atomic E-state index is -1.50. The Morgan fingerprint density at radius 1 is 1.30 bits per heavy atom. The van der Waals surface area contributed by atoms with Crippen LogP contribution in [0.25, 0.3) is 0 Å². The molecule has 0 unspecified atom stereocenters. The summed E-state index contributed by atoms with van der Waals surface area (Å²) in [5.74, 6) is -3.33. The highest BCUT2D eigenvalue weighted by Gasteiger charge is 2.20. The van der Waals surface area contributed by atoms with Gasteiger partial charge in [0.1, 0.15) is 5.76 Å². The van der Waals surface area contributed by atoms with E-state index in [1.807, 2.05) is 0 Å². The van der Waals surface area contributed by atoms with Gasteiger partial charge in [-0.3, -0.25) is 0 Å². The zero-order valence-electron chi connectivity index (χ0n) is 11.0. The van der Waals surface area contributed by atoms with Gasteiger partial charge in [-0.25, -0.2) is 13.6 Å². The summed E-state index contributed by atoms with van der Waals surface area (Å²) >= 11 is 0. The number of furan rings is 1. The molecular weight excluding hydrogens is 268 g/mol. The highest BCUT2D eigenvalue weighted by molar-refractivity contribution is 5.88. The lowest BCUT2D eigenvalue weighted by Crippen LogP contribution is -2.19. The van der Waals surface area contributed by atoms with E-state index in [2.05, 4.69) is 0 Å². The second kappa shape index (κ2) is 5.32. The van der Waals surface area contributed by atoms with E-state index in [1.165, 1.54) is 17.2 Å². The van der Waals surface area contributed by atoms with Crippen LogP contribution in [0.2, 0.25) is 0 Å². The minimum absolute atomic E-state index is 0.00639. The molecule has 1 aromatic heterocycles. The molecule has 0 amide bonds. The Kier molecular flexibility index (Phi) is 3.74. The second-order valence-corrected chi connectivity index (χ2v) is 4.42. The summed E-state index contributed by atoms with van der Waals surface area (Å²) in [6, 6.07) is 4.04. The SMILES string of the molecule is Cc1occc1CN(C)c1ccc(C(=O)O)c(F)c1F. The van der Waals surface area contributed by atoms with Crippen LogP contribution in [-0.2, 0) is 6.54 Å². The summed E-state index contributed by atoms with van der Waals surface area (Å²) in [6.45, 7) is 2.10. The molecule has 1 heterocycles. The Morgan fingerprint density at radius 2 is 2.00 bits per heavy atom. The third kappa shape index (κ3) is 2.49. The van der Waals surface area contributed by atoms with Gasteiger partial charge in [-0.15, -0.1) is 0 Å². The van der Waals surface area contributed by atoms with Crippen molar-refractivity contribution in [2.75, 3.05) is 11.9 Å². The van der Waals surface area contributed by atoms with Gasteiger partial charge in [-0.1, -0.05) is 0 Å². The van der Waals surface area contributed by atoms with Crippen molar-refractivity contribution in [2.24, 2.45) is 0 Å². The molecule has 2 rings (SSSR count). The first kappa shape index (κ1) is 14.0. The third-order valence-corrected chi connectivity index (χ3v) is 3.08. The largest absolute Gasteiger partial charge is 0.478 e. The average molecular weight is 281 g/mol. The lowest BCUT2D eigenvalue weighted by Gasteiger charge is -2.20. The number of aryl methyl sites for hydroxylation is 1. The molecule has 0 saturated heterocycles. The van der Waals surface area contributed by atoms with E-state index in [0.717, 1.165) is 11.6 Å². The molecule has 0 aliphatic heterocycles. The standard InChI is InChI=1S/C14H13F2NO3/c1-8-9(5-6-20-8)7-17(2)11-4-3-10(14(18)19)12(15)13(11)16/h3-6H,7H2,1-2H3,(H,18,19). The van der Waals surface area contributed by atoms with Crippen LogP contribution < -0.4 is 4.90 Å². The summed E-state index contributed by atoms with van der Waals surface area (Å²) in [6.07, 6.45) is 1.52. The molecule has 0 aliphatic carbocycles. The van der Waals surface area contributed by atoms with Crippen molar-refractivity contribution in [3.63, 3.8) is 0 Å². The van der Waals surface area contributed by atoms with Crippen LogP contribution >= 0.6 is 0 Å².